The van der Waals surface area contributed by atoms with Crippen molar-refractivity contribution in [3.8, 4) is 11.4 Å². The molecule has 160 valence electrons. The first-order chi connectivity index (χ1) is 15.6. The number of nitrogens with zero attached hydrogens (tertiary/aromatic N) is 6. The molecular weight excluding hydrogens is 408 g/mol. The molecule has 2 atom stereocenters. The van der Waals surface area contributed by atoms with Gasteiger partial charge in [-0.05, 0) is 55.0 Å². The highest BCUT2D eigenvalue weighted by Crippen LogP contribution is 2.35. The van der Waals surface area contributed by atoms with E-state index in [0.717, 1.165) is 30.4 Å². The van der Waals surface area contributed by atoms with Gasteiger partial charge in [-0.25, -0.2) is 4.90 Å². The fourth-order valence-electron chi connectivity index (χ4n) is 4.70. The van der Waals surface area contributed by atoms with Gasteiger partial charge in [0.25, 0.3) is 11.8 Å². The zero-order valence-corrected chi connectivity index (χ0v) is 17.4. The maximum Gasteiger partial charge on any atom is 0.263 e. The number of rotatable bonds is 4. The molecule has 6 rings (SSSR count). The number of carbonyl (C=O) groups is 2. The first-order valence-electron chi connectivity index (χ1n) is 10.7. The number of hydrogen-bond acceptors (Lipinski definition) is 8. The van der Waals surface area contributed by atoms with Gasteiger partial charge in [-0.1, -0.05) is 40.7 Å². The van der Waals surface area contributed by atoms with E-state index in [2.05, 4.69) is 20.5 Å². The standard InChI is InChI=1S/C23H20N6O3/c1-13-5-2-3-8-17(13)21-24-18(32-26-21)12-28-20-19(25-27-28)22(30)29(23(20)31)16-10-9-14-6-4-7-15(14)11-16/h2-3,5,8-11,19-20H,4,6-7,12H2,1H3/t19-,20+/m1/s1. The summed E-state index contributed by atoms with van der Waals surface area (Å²) in [5, 5.41) is 13.7. The lowest BCUT2D eigenvalue weighted by Crippen LogP contribution is -2.39. The van der Waals surface area contributed by atoms with Gasteiger partial charge in [-0.2, -0.15) is 10.1 Å². The van der Waals surface area contributed by atoms with Crippen molar-refractivity contribution in [3.63, 3.8) is 0 Å². The fraction of sp³-hybridized carbons (Fsp3) is 0.304. The second kappa shape index (κ2) is 7.08. The summed E-state index contributed by atoms with van der Waals surface area (Å²) in [7, 11) is 0. The smallest absolute Gasteiger partial charge is 0.263 e. The Morgan fingerprint density at radius 3 is 2.78 bits per heavy atom. The van der Waals surface area contributed by atoms with Crippen LogP contribution in [0, 0.1) is 6.92 Å². The molecule has 3 aromatic rings. The van der Waals surface area contributed by atoms with Gasteiger partial charge in [0, 0.05) is 5.56 Å². The first-order valence-corrected chi connectivity index (χ1v) is 10.7. The van der Waals surface area contributed by atoms with E-state index in [1.54, 1.807) is 0 Å². The molecule has 0 radical (unpaired) electrons. The topological polar surface area (TPSA) is 104 Å². The molecule has 2 aromatic carbocycles. The molecule has 0 N–H and O–H groups in total. The molecule has 0 spiro atoms. The summed E-state index contributed by atoms with van der Waals surface area (Å²) in [6.07, 6.45) is 3.11. The van der Waals surface area contributed by atoms with Gasteiger partial charge >= 0.3 is 0 Å². The van der Waals surface area contributed by atoms with E-state index >= 15 is 0 Å². The van der Waals surface area contributed by atoms with Crippen molar-refractivity contribution in [2.75, 3.05) is 4.90 Å². The van der Waals surface area contributed by atoms with Gasteiger partial charge < -0.3 is 4.52 Å². The highest BCUT2D eigenvalue weighted by Gasteiger charge is 2.55. The molecule has 3 heterocycles. The third-order valence-corrected chi connectivity index (χ3v) is 6.35. The molecule has 2 aliphatic heterocycles. The highest BCUT2D eigenvalue weighted by atomic mass is 16.5. The fourth-order valence-corrected chi connectivity index (χ4v) is 4.70. The average Bonchev–Trinajstić information content (AvgIpc) is 3.56. The van der Waals surface area contributed by atoms with Crippen molar-refractivity contribution >= 4 is 17.5 Å². The maximum absolute atomic E-state index is 13.2. The average molecular weight is 428 g/mol. The molecule has 32 heavy (non-hydrogen) atoms. The molecule has 3 aliphatic rings. The number of aryl methyl sites for hydroxylation is 3. The number of benzene rings is 2. The van der Waals surface area contributed by atoms with Crippen LogP contribution >= 0.6 is 0 Å². The van der Waals surface area contributed by atoms with Gasteiger partial charge in [0.05, 0.1) is 5.69 Å². The summed E-state index contributed by atoms with van der Waals surface area (Å²) in [6, 6.07) is 11.9. The molecule has 1 aromatic heterocycles. The van der Waals surface area contributed by atoms with Crippen molar-refractivity contribution in [2.24, 2.45) is 10.3 Å². The van der Waals surface area contributed by atoms with E-state index in [9.17, 15) is 9.59 Å². The molecular formula is C23H20N6O3. The van der Waals surface area contributed by atoms with Gasteiger partial charge in [0.15, 0.2) is 12.1 Å². The molecule has 9 heteroatoms. The van der Waals surface area contributed by atoms with Crippen LogP contribution in [-0.2, 0) is 29.0 Å². The van der Waals surface area contributed by atoms with Crippen LogP contribution in [0.25, 0.3) is 11.4 Å². The van der Waals surface area contributed by atoms with Crippen LogP contribution in [0.15, 0.2) is 57.3 Å². The minimum Gasteiger partial charge on any atom is -0.337 e. The second-order valence-electron chi connectivity index (χ2n) is 8.34. The van der Waals surface area contributed by atoms with Crippen LogP contribution in [0.1, 0.15) is 29.0 Å². The largest absolute Gasteiger partial charge is 0.337 e. The lowest BCUT2D eigenvalue weighted by Gasteiger charge is -2.19. The SMILES string of the molecule is Cc1ccccc1-c1noc(CN2N=N[C@H]3C(=O)N(c4ccc5c(c4)CCC5)C(=O)[C@H]32)n1. The zero-order chi connectivity index (χ0) is 21.8. The summed E-state index contributed by atoms with van der Waals surface area (Å²) < 4.78 is 5.39. The normalized spacial score (nSPS) is 21.5. The summed E-state index contributed by atoms with van der Waals surface area (Å²) in [4.78, 5) is 31.9. The Morgan fingerprint density at radius 1 is 1.06 bits per heavy atom. The van der Waals surface area contributed by atoms with Crippen molar-refractivity contribution in [3.05, 3.63) is 65.0 Å². The molecule has 1 saturated heterocycles. The van der Waals surface area contributed by atoms with Gasteiger partial charge in [0.1, 0.15) is 6.54 Å². The Morgan fingerprint density at radius 2 is 1.91 bits per heavy atom. The monoisotopic (exact) mass is 428 g/mol. The number of aromatic nitrogens is 2. The second-order valence-corrected chi connectivity index (χ2v) is 8.34. The predicted molar refractivity (Wildman–Crippen MR) is 113 cm³/mol. The predicted octanol–water partition coefficient (Wildman–Crippen LogP) is 3.03. The molecule has 0 unspecified atom stereocenters. The molecule has 0 saturated carbocycles. The van der Waals surface area contributed by atoms with Gasteiger partial charge in [-0.15, -0.1) is 0 Å². The summed E-state index contributed by atoms with van der Waals surface area (Å²) >= 11 is 0. The third-order valence-electron chi connectivity index (χ3n) is 6.35. The van der Waals surface area contributed by atoms with Crippen molar-refractivity contribution in [2.45, 2.75) is 44.8 Å². The first kappa shape index (κ1) is 18.9. The number of fused-ring (bicyclic) bond motifs is 2. The molecule has 1 aliphatic carbocycles. The number of carbonyl (C=O) groups excluding carboxylic acids is 2. The van der Waals surface area contributed by atoms with Crippen molar-refractivity contribution in [1.82, 2.24) is 15.1 Å². The van der Waals surface area contributed by atoms with Crippen molar-refractivity contribution < 1.29 is 14.1 Å². The van der Waals surface area contributed by atoms with E-state index in [4.69, 9.17) is 4.52 Å². The number of imide groups is 1. The van der Waals surface area contributed by atoms with E-state index in [0.29, 0.717) is 17.4 Å². The molecule has 9 nitrogen and oxygen atoms in total. The molecule has 2 amide bonds. The summed E-state index contributed by atoms with van der Waals surface area (Å²) in [5.74, 6) is 0.0929. The Hall–Kier alpha value is -3.88. The van der Waals surface area contributed by atoms with E-state index in [1.165, 1.54) is 21.0 Å². The Labute approximate surface area is 183 Å². The van der Waals surface area contributed by atoms with Crippen LogP contribution in [0.3, 0.4) is 0 Å². The Bertz CT molecular complexity index is 1280. The Balaban J connectivity index is 1.24. The van der Waals surface area contributed by atoms with E-state index in [1.807, 2.05) is 49.4 Å². The summed E-state index contributed by atoms with van der Waals surface area (Å²) in [6.45, 7) is 2.07. The van der Waals surface area contributed by atoms with Gasteiger partial charge in [0.2, 0.25) is 11.7 Å². The van der Waals surface area contributed by atoms with Crippen LogP contribution in [0.4, 0.5) is 5.69 Å². The van der Waals surface area contributed by atoms with E-state index < -0.39 is 12.1 Å². The Kier molecular flexibility index (Phi) is 4.17. The van der Waals surface area contributed by atoms with Gasteiger partial charge in [-0.3, -0.25) is 14.6 Å². The minimum atomic E-state index is -0.852. The highest BCUT2D eigenvalue weighted by molar-refractivity contribution is 6.25. The van der Waals surface area contributed by atoms with Crippen LogP contribution in [0.5, 0.6) is 0 Å². The molecule has 0 bridgehead atoms. The third kappa shape index (κ3) is 2.84. The quantitative estimate of drug-likeness (QED) is 0.592. The van der Waals surface area contributed by atoms with Crippen molar-refractivity contribution in [1.29, 1.82) is 0 Å². The maximum atomic E-state index is 13.2. The lowest BCUT2D eigenvalue weighted by atomic mass is 10.1. The van der Waals surface area contributed by atoms with Crippen LogP contribution in [-0.4, -0.2) is 39.0 Å². The zero-order valence-electron chi connectivity index (χ0n) is 17.4. The van der Waals surface area contributed by atoms with Crippen LogP contribution in [0.2, 0.25) is 0 Å². The number of hydrogen-bond donors (Lipinski definition) is 0. The molecule has 1 fully saturated rings. The lowest BCUT2D eigenvalue weighted by molar-refractivity contribution is -0.123. The van der Waals surface area contributed by atoms with E-state index in [-0.39, 0.29) is 18.4 Å². The minimum absolute atomic E-state index is 0.0978. The summed E-state index contributed by atoms with van der Waals surface area (Å²) in [5.41, 5.74) is 4.99. The number of amides is 2. The number of anilines is 1. The van der Waals surface area contributed by atoms with Crippen LogP contribution < -0.4 is 4.90 Å².